The third-order valence-corrected chi connectivity index (χ3v) is 4.51. The largest absolute Gasteiger partial charge is 0.340 e. The number of fused-ring (bicyclic) bond motifs is 3. The van der Waals surface area contributed by atoms with E-state index in [2.05, 4.69) is 79.7 Å². The maximum Gasteiger partial charge on any atom is 0.0502 e. The van der Waals surface area contributed by atoms with Crippen LogP contribution in [0.4, 0.5) is 0 Å². The standard InChI is InChI=1S/C16H15Br2N/c1-2-3-8-19-15-9-11(17)4-6-13(15)14-7-5-12(18)10-16(14)19/h4-7,9-10H,2-3,8H2,1H3. The number of unbranched alkanes of at least 4 members (excludes halogenated alkanes) is 1. The summed E-state index contributed by atoms with van der Waals surface area (Å²) < 4.78 is 4.71. The lowest BCUT2D eigenvalue weighted by atomic mass is 10.2. The van der Waals surface area contributed by atoms with Crippen LogP contribution in [0, 0.1) is 0 Å². The van der Waals surface area contributed by atoms with Gasteiger partial charge in [0.15, 0.2) is 0 Å². The lowest BCUT2D eigenvalue weighted by molar-refractivity contribution is 0.665. The molecule has 0 saturated carbocycles. The second-order valence-electron chi connectivity index (χ2n) is 4.83. The van der Waals surface area contributed by atoms with Gasteiger partial charge in [0.25, 0.3) is 0 Å². The summed E-state index contributed by atoms with van der Waals surface area (Å²) in [6, 6.07) is 13.1. The van der Waals surface area contributed by atoms with Gasteiger partial charge >= 0.3 is 0 Å². The Hall–Kier alpha value is -0.800. The van der Waals surface area contributed by atoms with E-state index in [1.807, 2.05) is 0 Å². The van der Waals surface area contributed by atoms with Crippen LogP contribution in [0.3, 0.4) is 0 Å². The van der Waals surface area contributed by atoms with Crippen molar-refractivity contribution in [2.45, 2.75) is 26.3 Å². The van der Waals surface area contributed by atoms with Crippen LogP contribution in [0.1, 0.15) is 19.8 Å². The topological polar surface area (TPSA) is 4.93 Å². The molecule has 0 radical (unpaired) electrons. The minimum atomic E-state index is 1.07. The van der Waals surface area contributed by atoms with Crippen molar-refractivity contribution in [1.29, 1.82) is 0 Å². The molecular formula is C16H15Br2N. The molecule has 1 aromatic heterocycles. The molecule has 0 aliphatic carbocycles. The zero-order valence-corrected chi connectivity index (χ0v) is 14.0. The zero-order chi connectivity index (χ0) is 13.4. The number of benzene rings is 2. The van der Waals surface area contributed by atoms with Crippen molar-refractivity contribution in [3.63, 3.8) is 0 Å². The van der Waals surface area contributed by atoms with Crippen molar-refractivity contribution < 1.29 is 0 Å². The van der Waals surface area contributed by atoms with Crippen molar-refractivity contribution in [3.8, 4) is 0 Å². The lowest BCUT2D eigenvalue weighted by Crippen LogP contribution is -1.96. The van der Waals surface area contributed by atoms with Crippen LogP contribution in [-0.2, 0) is 6.54 Å². The fourth-order valence-electron chi connectivity index (χ4n) is 2.60. The van der Waals surface area contributed by atoms with E-state index in [4.69, 9.17) is 0 Å². The van der Waals surface area contributed by atoms with Gasteiger partial charge < -0.3 is 4.57 Å². The summed E-state index contributed by atoms with van der Waals surface area (Å²) in [6.07, 6.45) is 2.42. The molecular weight excluding hydrogens is 366 g/mol. The minimum Gasteiger partial charge on any atom is -0.340 e. The third kappa shape index (κ3) is 2.34. The van der Waals surface area contributed by atoms with Crippen molar-refractivity contribution in [2.75, 3.05) is 0 Å². The molecule has 0 amide bonds. The Morgan fingerprint density at radius 1 is 0.895 bits per heavy atom. The number of hydrogen-bond donors (Lipinski definition) is 0. The van der Waals surface area contributed by atoms with Gasteiger partial charge in [0.1, 0.15) is 0 Å². The smallest absolute Gasteiger partial charge is 0.0502 e. The summed E-state index contributed by atoms with van der Waals surface area (Å²) in [6.45, 7) is 3.31. The van der Waals surface area contributed by atoms with Crippen LogP contribution in [0.2, 0.25) is 0 Å². The summed E-state index contributed by atoms with van der Waals surface area (Å²) in [5, 5.41) is 2.67. The van der Waals surface area contributed by atoms with Gasteiger partial charge in [-0.2, -0.15) is 0 Å². The summed E-state index contributed by atoms with van der Waals surface area (Å²) in [4.78, 5) is 0. The van der Waals surface area contributed by atoms with E-state index in [-0.39, 0.29) is 0 Å². The molecule has 19 heavy (non-hydrogen) atoms. The maximum absolute atomic E-state index is 3.58. The molecule has 0 saturated heterocycles. The third-order valence-electron chi connectivity index (χ3n) is 3.53. The zero-order valence-electron chi connectivity index (χ0n) is 10.8. The molecule has 0 aliphatic rings. The fourth-order valence-corrected chi connectivity index (χ4v) is 3.30. The monoisotopic (exact) mass is 379 g/mol. The number of aryl methyl sites for hydroxylation is 1. The molecule has 0 unspecified atom stereocenters. The van der Waals surface area contributed by atoms with Crippen molar-refractivity contribution >= 4 is 53.7 Å². The molecule has 0 N–H and O–H groups in total. The van der Waals surface area contributed by atoms with E-state index in [0.29, 0.717) is 0 Å². The van der Waals surface area contributed by atoms with E-state index < -0.39 is 0 Å². The summed E-state index contributed by atoms with van der Waals surface area (Å²) in [7, 11) is 0. The summed E-state index contributed by atoms with van der Waals surface area (Å²) >= 11 is 7.17. The van der Waals surface area contributed by atoms with Crippen LogP contribution in [0.15, 0.2) is 45.3 Å². The Labute approximate surface area is 129 Å². The second kappa shape index (κ2) is 5.29. The van der Waals surface area contributed by atoms with Crippen LogP contribution in [-0.4, -0.2) is 4.57 Å². The number of rotatable bonds is 3. The van der Waals surface area contributed by atoms with Gasteiger partial charge in [-0.05, 0) is 30.7 Å². The highest BCUT2D eigenvalue weighted by Gasteiger charge is 2.10. The predicted molar refractivity (Wildman–Crippen MR) is 89.8 cm³/mol. The molecule has 0 fully saturated rings. The summed E-state index contributed by atoms with van der Waals surface area (Å²) in [5.74, 6) is 0. The molecule has 0 spiro atoms. The molecule has 3 rings (SSSR count). The van der Waals surface area contributed by atoms with Crippen LogP contribution < -0.4 is 0 Å². The molecule has 0 aliphatic heterocycles. The van der Waals surface area contributed by atoms with Crippen molar-refractivity contribution in [3.05, 3.63) is 45.3 Å². The Morgan fingerprint density at radius 3 is 1.89 bits per heavy atom. The second-order valence-corrected chi connectivity index (χ2v) is 6.66. The first-order chi connectivity index (χ1) is 9.20. The van der Waals surface area contributed by atoms with Gasteiger partial charge in [-0.25, -0.2) is 0 Å². The van der Waals surface area contributed by atoms with E-state index in [1.165, 1.54) is 34.6 Å². The first-order valence-corrected chi connectivity index (χ1v) is 8.16. The molecule has 2 aromatic carbocycles. The number of hydrogen-bond acceptors (Lipinski definition) is 0. The molecule has 0 atom stereocenters. The molecule has 0 bridgehead atoms. The Bertz CT molecular complexity index is 684. The number of halogens is 2. The maximum atomic E-state index is 3.58. The van der Waals surface area contributed by atoms with E-state index in [1.54, 1.807) is 0 Å². The number of nitrogens with zero attached hydrogens (tertiary/aromatic N) is 1. The molecule has 3 aromatic rings. The first kappa shape index (κ1) is 13.2. The minimum absolute atomic E-state index is 1.07. The van der Waals surface area contributed by atoms with Crippen molar-refractivity contribution in [2.24, 2.45) is 0 Å². The highest BCUT2D eigenvalue weighted by atomic mass is 79.9. The van der Waals surface area contributed by atoms with Crippen LogP contribution in [0.5, 0.6) is 0 Å². The average molecular weight is 381 g/mol. The molecule has 98 valence electrons. The normalized spacial score (nSPS) is 11.5. The SMILES string of the molecule is CCCCn1c2cc(Br)ccc2c2ccc(Br)cc21. The Morgan fingerprint density at radius 2 is 1.42 bits per heavy atom. The number of aromatic nitrogens is 1. The Kier molecular flexibility index (Phi) is 3.68. The highest BCUT2D eigenvalue weighted by Crippen LogP contribution is 2.32. The van der Waals surface area contributed by atoms with Gasteiger partial charge in [0.2, 0.25) is 0 Å². The first-order valence-electron chi connectivity index (χ1n) is 6.57. The van der Waals surface area contributed by atoms with E-state index in [0.717, 1.165) is 15.5 Å². The highest BCUT2D eigenvalue weighted by molar-refractivity contribution is 9.10. The van der Waals surface area contributed by atoms with Crippen LogP contribution >= 0.6 is 31.9 Å². The van der Waals surface area contributed by atoms with Gasteiger partial charge in [0.05, 0.1) is 11.0 Å². The molecule has 1 heterocycles. The predicted octanol–water partition coefficient (Wildman–Crippen LogP) is 6.12. The van der Waals surface area contributed by atoms with E-state index >= 15 is 0 Å². The summed E-state index contributed by atoms with van der Waals surface area (Å²) in [5.41, 5.74) is 2.63. The van der Waals surface area contributed by atoms with E-state index in [9.17, 15) is 0 Å². The van der Waals surface area contributed by atoms with Gasteiger partial charge in [-0.15, -0.1) is 0 Å². The quantitative estimate of drug-likeness (QED) is 0.515. The molecule has 3 heteroatoms. The Balaban J connectivity index is 2.36. The van der Waals surface area contributed by atoms with Crippen molar-refractivity contribution in [1.82, 2.24) is 4.57 Å². The fraction of sp³-hybridized carbons (Fsp3) is 0.250. The molecule has 1 nitrogen and oxygen atoms in total. The van der Waals surface area contributed by atoms with Gasteiger partial charge in [0, 0.05) is 26.3 Å². The average Bonchev–Trinajstić information content (AvgIpc) is 2.68. The van der Waals surface area contributed by atoms with Crippen LogP contribution in [0.25, 0.3) is 21.8 Å². The lowest BCUT2D eigenvalue weighted by Gasteiger charge is -2.06. The van der Waals surface area contributed by atoms with Gasteiger partial charge in [-0.3, -0.25) is 0 Å². The van der Waals surface area contributed by atoms with Gasteiger partial charge in [-0.1, -0.05) is 57.3 Å².